The van der Waals surface area contributed by atoms with Gasteiger partial charge in [0.2, 0.25) is 0 Å². The third-order valence-corrected chi connectivity index (χ3v) is 1.87. The molecule has 0 aliphatic rings. The molecule has 0 saturated carbocycles. The molecule has 0 aliphatic heterocycles. The van der Waals surface area contributed by atoms with Gasteiger partial charge in [-0.05, 0) is 11.2 Å². The largest absolute Gasteiger partial charge is 0.478 e. The smallest absolute Gasteiger partial charge is 0.342 e. The lowest BCUT2D eigenvalue weighted by molar-refractivity contribution is -0.385. The molecule has 0 heterocycles. The Balaban J connectivity index is 3.65. The minimum absolute atomic E-state index is 0.489. The monoisotopic (exact) mass is 240 g/mol. The molecule has 1 rings (SSSR count). The van der Waals surface area contributed by atoms with Crippen molar-refractivity contribution in [2.24, 2.45) is 5.18 Å². The molecule has 0 aliphatic carbocycles. The molecule has 0 unspecified atom stereocenters. The number of nitrogens with zero attached hydrogens (tertiary/aromatic N) is 2. The van der Waals surface area contributed by atoms with Crippen LogP contribution in [0.4, 0.5) is 11.4 Å². The lowest BCUT2D eigenvalue weighted by atomic mass is 10.1. The maximum Gasteiger partial charge on any atom is 0.342 e. The van der Waals surface area contributed by atoms with Gasteiger partial charge in [-0.2, -0.15) is 0 Å². The molecule has 9 heteroatoms. The average Bonchev–Trinajstić information content (AvgIpc) is 2.26. The summed E-state index contributed by atoms with van der Waals surface area (Å²) in [5.41, 5.74) is -3.12. The summed E-state index contributed by atoms with van der Waals surface area (Å²) in [4.78, 5) is 41.1. The van der Waals surface area contributed by atoms with Crippen molar-refractivity contribution in [2.75, 3.05) is 0 Å². The van der Waals surface area contributed by atoms with Gasteiger partial charge in [0, 0.05) is 6.07 Å². The van der Waals surface area contributed by atoms with Gasteiger partial charge in [0.05, 0.1) is 10.5 Å². The van der Waals surface area contributed by atoms with Crippen molar-refractivity contribution in [3.8, 4) is 0 Å². The minimum Gasteiger partial charge on any atom is -0.478 e. The summed E-state index contributed by atoms with van der Waals surface area (Å²) in [6, 6.07) is 1.04. The second-order valence-electron chi connectivity index (χ2n) is 2.85. The van der Waals surface area contributed by atoms with E-state index in [1.807, 2.05) is 0 Å². The Kier molecular flexibility index (Phi) is 3.13. The Bertz CT molecular complexity index is 537. The first-order valence-electron chi connectivity index (χ1n) is 4.01. The summed E-state index contributed by atoms with van der Waals surface area (Å²) in [6.07, 6.45) is 0. The molecule has 2 N–H and O–H groups in total. The van der Waals surface area contributed by atoms with Gasteiger partial charge >= 0.3 is 11.9 Å². The molecule has 0 fully saturated rings. The van der Waals surface area contributed by atoms with Crippen molar-refractivity contribution in [3.63, 3.8) is 0 Å². The summed E-state index contributed by atoms with van der Waals surface area (Å²) in [6.45, 7) is 0. The van der Waals surface area contributed by atoms with Gasteiger partial charge in [-0.1, -0.05) is 0 Å². The highest BCUT2D eigenvalue weighted by molar-refractivity contribution is 6.00. The summed E-state index contributed by atoms with van der Waals surface area (Å²) < 4.78 is 0. The highest BCUT2D eigenvalue weighted by atomic mass is 16.6. The van der Waals surface area contributed by atoms with E-state index in [9.17, 15) is 24.6 Å². The molecule has 0 spiro atoms. The third-order valence-electron chi connectivity index (χ3n) is 1.87. The maximum absolute atomic E-state index is 10.7. The predicted octanol–water partition coefficient (Wildman–Crippen LogP) is 1.39. The molecule has 0 aromatic heterocycles. The third kappa shape index (κ3) is 2.22. The number of hydrogen-bond donors (Lipinski definition) is 2. The van der Waals surface area contributed by atoms with E-state index in [0.717, 1.165) is 0 Å². The number of hydrogen-bond acceptors (Lipinski definition) is 6. The van der Waals surface area contributed by atoms with Crippen LogP contribution in [0.25, 0.3) is 0 Å². The number of carboxylic acids is 2. The Hall–Kier alpha value is -2.84. The van der Waals surface area contributed by atoms with Crippen LogP contribution in [0.1, 0.15) is 20.7 Å². The number of rotatable bonds is 4. The van der Waals surface area contributed by atoms with Crippen LogP contribution in [-0.2, 0) is 0 Å². The van der Waals surface area contributed by atoms with Crippen LogP contribution < -0.4 is 0 Å². The Morgan fingerprint density at radius 1 is 1.18 bits per heavy atom. The minimum atomic E-state index is -1.65. The van der Waals surface area contributed by atoms with Crippen molar-refractivity contribution in [3.05, 3.63) is 38.3 Å². The van der Waals surface area contributed by atoms with Gasteiger partial charge in [-0.25, -0.2) is 9.59 Å². The molecule has 88 valence electrons. The lowest BCUT2D eigenvalue weighted by Crippen LogP contribution is -2.06. The van der Waals surface area contributed by atoms with Gasteiger partial charge in [0.15, 0.2) is 0 Å². The summed E-state index contributed by atoms with van der Waals surface area (Å²) >= 11 is 0. The van der Waals surface area contributed by atoms with Crippen LogP contribution in [0.5, 0.6) is 0 Å². The van der Waals surface area contributed by atoms with Crippen molar-refractivity contribution < 1.29 is 24.7 Å². The van der Waals surface area contributed by atoms with Gasteiger partial charge in [-0.15, -0.1) is 4.91 Å². The Morgan fingerprint density at radius 2 is 1.71 bits per heavy atom. The number of nitro benzene ring substituents is 1. The Morgan fingerprint density at radius 3 is 2.06 bits per heavy atom. The zero-order chi connectivity index (χ0) is 13.2. The number of aromatic carboxylic acids is 2. The van der Waals surface area contributed by atoms with Gasteiger partial charge < -0.3 is 10.2 Å². The molecule has 0 amide bonds. The number of carboxylic acid groups (broad SMARTS) is 2. The molecular weight excluding hydrogens is 236 g/mol. The molecule has 1 aromatic rings. The summed E-state index contributed by atoms with van der Waals surface area (Å²) in [5, 5.41) is 30.2. The van der Waals surface area contributed by atoms with Crippen molar-refractivity contribution in [2.45, 2.75) is 0 Å². The van der Waals surface area contributed by atoms with E-state index in [1.165, 1.54) is 0 Å². The van der Waals surface area contributed by atoms with Gasteiger partial charge in [-0.3, -0.25) is 10.1 Å². The van der Waals surface area contributed by atoms with Crippen molar-refractivity contribution in [1.82, 2.24) is 0 Å². The van der Waals surface area contributed by atoms with E-state index < -0.39 is 39.4 Å². The SMILES string of the molecule is O=Nc1cc(C(=O)O)c([N+](=O)[O-])cc1C(=O)O. The van der Waals surface area contributed by atoms with E-state index in [1.54, 1.807) is 0 Å². The molecule has 0 radical (unpaired) electrons. The lowest BCUT2D eigenvalue weighted by Gasteiger charge is -2.01. The van der Waals surface area contributed by atoms with E-state index in [4.69, 9.17) is 10.2 Å². The average molecular weight is 240 g/mol. The van der Waals surface area contributed by atoms with E-state index in [2.05, 4.69) is 5.18 Å². The first-order chi connectivity index (χ1) is 7.88. The van der Waals surface area contributed by atoms with Crippen LogP contribution in [0.3, 0.4) is 0 Å². The first-order valence-corrected chi connectivity index (χ1v) is 4.01. The van der Waals surface area contributed by atoms with E-state index >= 15 is 0 Å². The van der Waals surface area contributed by atoms with Crippen molar-refractivity contribution >= 4 is 23.3 Å². The molecule has 0 bridgehead atoms. The van der Waals surface area contributed by atoms with Crippen LogP contribution in [0.15, 0.2) is 17.3 Å². The second-order valence-corrected chi connectivity index (χ2v) is 2.85. The Labute approximate surface area is 92.4 Å². The molecule has 1 aromatic carbocycles. The molecule has 9 nitrogen and oxygen atoms in total. The van der Waals surface area contributed by atoms with Gasteiger partial charge in [0.25, 0.3) is 5.69 Å². The fraction of sp³-hybridized carbons (Fsp3) is 0. The highest BCUT2D eigenvalue weighted by Crippen LogP contribution is 2.29. The van der Waals surface area contributed by atoms with E-state index in [0.29, 0.717) is 12.1 Å². The standard InChI is InChI=1S/C8H4N2O7/c11-7(12)3-2-6(10(16)17)4(8(13)14)1-5(3)9-15/h1-2H,(H,11,12)(H,13,14). The number of benzene rings is 1. The van der Waals surface area contributed by atoms with E-state index in [-0.39, 0.29) is 0 Å². The predicted molar refractivity (Wildman–Crippen MR) is 52.5 cm³/mol. The zero-order valence-corrected chi connectivity index (χ0v) is 7.98. The normalized spacial score (nSPS) is 9.65. The van der Waals surface area contributed by atoms with Gasteiger partial charge in [0.1, 0.15) is 11.3 Å². The molecule has 0 saturated heterocycles. The highest BCUT2D eigenvalue weighted by Gasteiger charge is 2.25. The molecule has 0 atom stereocenters. The number of carbonyl (C=O) groups is 2. The fourth-order valence-electron chi connectivity index (χ4n) is 1.15. The number of nitro groups is 1. The van der Waals surface area contributed by atoms with Crippen LogP contribution in [0, 0.1) is 15.0 Å². The fourth-order valence-corrected chi connectivity index (χ4v) is 1.15. The molecule has 17 heavy (non-hydrogen) atoms. The topological polar surface area (TPSA) is 147 Å². The van der Waals surface area contributed by atoms with Crippen LogP contribution >= 0.6 is 0 Å². The maximum atomic E-state index is 10.7. The summed E-state index contributed by atoms with van der Waals surface area (Å²) in [5.74, 6) is -3.27. The van der Waals surface area contributed by atoms with Crippen LogP contribution in [0.2, 0.25) is 0 Å². The zero-order valence-electron chi connectivity index (χ0n) is 7.98. The summed E-state index contributed by atoms with van der Waals surface area (Å²) in [7, 11) is 0. The quantitative estimate of drug-likeness (QED) is 0.458. The second kappa shape index (κ2) is 4.35. The molecular formula is C8H4N2O7. The number of nitroso groups, excluding NO2 is 1. The van der Waals surface area contributed by atoms with Crippen molar-refractivity contribution in [1.29, 1.82) is 0 Å². The first kappa shape index (κ1) is 12.2. The van der Waals surface area contributed by atoms with Crippen LogP contribution in [-0.4, -0.2) is 27.1 Å².